The van der Waals surface area contributed by atoms with Gasteiger partial charge in [0.2, 0.25) is 0 Å². The molecule has 1 nitrogen and oxygen atoms in total. The lowest BCUT2D eigenvalue weighted by atomic mass is 10.0. The first kappa shape index (κ1) is 12.4. The average molecular weight is 249 g/mol. The molecule has 0 saturated heterocycles. The third-order valence-corrected chi connectivity index (χ3v) is 2.42. The Balaban J connectivity index is 2.29. The van der Waals surface area contributed by atoms with E-state index < -0.39 is 12.0 Å². The summed E-state index contributed by atoms with van der Waals surface area (Å²) in [6, 6.07) is 15.4. The number of carbonyl (C=O) groups excluding carboxylic acids is 1. The van der Waals surface area contributed by atoms with Gasteiger partial charge in [-0.05, 0) is 17.2 Å². The molecule has 0 atom stereocenters. The molecule has 2 aromatic carbocycles. The monoisotopic (exact) mass is 249 g/mol. The number of carbonyl (C=O) groups is 1. The lowest BCUT2D eigenvalue weighted by Gasteiger charge is -2.06. The molecule has 2 aromatic rings. The molecule has 0 aromatic heterocycles. The van der Waals surface area contributed by atoms with Crippen LogP contribution in [0.5, 0.6) is 0 Å². The van der Waals surface area contributed by atoms with E-state index in [1.54, 1.807) is 24.3 Å². The molecule has 18 heavy (non-hydrogen) atoms. The standard InChI is InChI=1S/C14H8F3O/c15-14(16,17)13(18)12-8-6-11(7-9-12)10-4-2-1-3-5-10/h1-4,6-9H. The zero-order chi connectivity index (χ0) is 13.2. The van der Waals surface area contributed by atoms with E-state index >= 15 is 0 Å². The topological polar surface area (TPSA) is 17.1 Å². The van der Waals surface area contributed by atoms with Gasteiger partial charge in [-0.3, -0.25) is 4.79 Å². The van der Waals surface area contributed by atoms with Crippen LogP contribution in [0.25, 0.3) is 11.1 Å². The van der Waals surface area contributed by atoms with E-state index in [4.69, 9.17) is 0 Å². The number of benzene rings is 2. The fraction of sp³-hybridized carbons (Fsp3) is 0.0714. The number of ketones is 1. The lowest BCUT2D eigenvalue weighted by Crippen LogP contribution is -2.22. The molecule has 0 spiro atoms. The van der Waals surface area contributed by atoms with Crippen molar-refractivity contribution in [1.29, 1.82) is 0 Å². The smallest absolute Gasteiger partial charge is 0.284 e. The van der Waals surface area contributed by atoms with Crippen LogP contribution in [0.4, 0.5) is 13.2 Å². The van der Waals surface area contributed by atoms with Gasteiger partial charge in [-0.15, -0.1) is 0 Å². The molecule has 1 radical (unpaired) electrons. The third-order valence-electron chi connectivity index (χ3n) is 2.42. The van der Waals surface area contributed by atoms with E-state index in [2.05, 4.69) is 6.07 Å². The normalized spacial score (nSPS) is 11.3. The first-order valence-electron chi connectivity index (χ1n) is 5.17. The summed E-state index contributed by atoms with van der Waals surface area (Å²) < 4.78 is 36.6. The fourth-order valence-electron chi connectivity index (χ4n) is 1.54. The summed E-state index contributed by atoms with van der Waals surface area (Å²) in [5, 5.41) is 0. The number of rotatable bonds is 2. The van der Waals surface area contributed by atoms with Gasteiger partial charge in [0.15, 0.2) is 0 Å². The van der Waals surface area contributed by atoms with E-state index in [1.807, 2.05) is 0 Å². The molecule has 2 rings (SSSR count). The van der Waals surface area contributed by atoms with Crippen LogP contribution in [-0.4, -0.2) is 12.0 Å². The van der Waals surface area contributed by atoms with Gasteiger partial charge in [-0.25, -0.2) is 0 Å². The van der Waals surface area contributed by atoms with Gasteiger partial charge in [0, 0.05) is 5.56 Å². The Bertz CT molecular complexity index is 542. The Labute approximate surface area is 102 Å². The summed E-state index contributed by atoms with van der Waals surface area (Å²) >= 11 is 0. The van der Waals surface area contributed by atoms with E-state index in [0.29, 0.717) is 5.56 Å². The molecule has 0 bridgehead atoms. The highest BCUT2D eigenvalue weighted by Gasteiger charge is 2.39. The van der Waals surface area contributed by atoms with Crippen molar-refractivity contribution >= 4 is 5.78 Å². The molecule has 0 saturated carbocycles. The van der Waals surface area contributed by atoms with Gasteiger partial charge in [-0.1, -0.05) is 48.5 Å². The van der Waals surface area contributed by atoms with Crippen LogP contribution in [0, 0.1) is 6.07 Å². The summed E-state index contributed by atoms with van der Waals surface area (Å²) in [5.74, 6) is -1.83. The first-order chi connectivity index (χ1) is 8.48. The molecule has 0 aliphatic rings. The second-order valence-electron chi connectivity index (χ2n) is 3.68. The Morgan fingerprint density at radius 1 is 1.00 bits per heavy atom. The highest BCUT2D eigenvalue weighted by molar-refractivity contribution is 6.00. The van der Waals surface area contributed by atoms with Gasteiger partial charge in [0.1, 0.15) is 0 Å². The zero-order valence-electron chi connectivity index (χ0n) is 9.16. The highest BCUT2D eigenvalue weighted by atomic mass is 19.4. The van der Waals surface area contributed by atoms with Gasteiger partial charge in [-0.2, -0.15) is 13.2 Å². The molecule has 0 unspecified atom stereocenters. The van der Waals surface area contributed by atoms with Crippen molar-refractivity contribution < 1.29 is 18.0 Å². The van der Waals surface area contributed by atoms with Crippen molar-refractivity contribution in [2.75, 3.05) is 0 Å². The van der Waals surface area contributed by atoms with Crippen LogP contribution in [0.3, 0.4) is 0 Å². The Morgan fingerprint density at radius 2 is 1.67 bits per heavy atom. The minimum Gasteiger partial charge on any atom is -0.284 e. The molecule has 91 valence electrons. The van der Waals surface area contributed by atoms with Crippen LogP contribution in [0.15, 0.2) is 48.5 Å². The second-order valence-corrected chi connectivity index (χ2v) is 3.68. The van der Waals surface area contributed by atoms with Gasteiger partial charge in [0.05, 0.1) is 0 Å². The van der Waals surface area contributed by atoms with Crippen molar-refractivity contribution in [3.8, 4) is 11.1 Å². The number of halogens is 3. The van der Waals surface area contributed by atoms with E-state index in [1.165, 1.54) is 24.3 Å². The maximum atomic E-state index is 12.2. The van der Waals surface area contributed by atoms with Crippen molar-refractivity contribution in [1.82, 2.24) is 0 Å². The van der Waals surface area contributed by atoms with Crippen molar-refractivity contribution in [2.45, 2.75) is 6.18 Å². The molecule has 0 amide bonds. The molecular formula is C14H8F3O. The van der Waals surface area contributed by atoms with E-state index in [9.17, 15) is 18.0 Å². The van der Waals surface area contributed by atoms with Gasteiger partial charge in [0.25, 0.3) is 5.78 Å². The molecule has 0 N–H and O–H groups in total. The first-order valence-corrected chi connectivity index (χ1v) is 5.17. The van der Waals surface area contributed by atoms with Crippen LogP contribution in [0.2, 0.25) is 0 Å². The Hall–Kier alpha value is -2.10. The molecule has 0 fully saturated rings. The Kier molecular flexibility index (Phi) is 3.19. The van der Waals surface area contributed by atoms with E-state index in [0.717, 1.165) is 5.56 Å². The van der Waals surface area contributed by atoms with Crippen LogP contribution < -0.4 is 0 Å². The van der Waals surface area contributed by atoms with Crippen molar-refractivity contribution in [3.05, 3.63) is 60.2 Å². The maximum Gasteiger partial charge on any atom is 0.454 e. The molecule has 0 heterocycles. The minimum atomic E-state index is -4.83. The second kappa shape index (κ2) is 4.64. The van der Waals surface area contributed by atoms with Crippen LogP contribution in [0.1, 0.15) is 10.4 Å². The Morgan fingerprint density at radius 3 is 2.17 bits per heavy atom. The van der Waals surface area contributed by atoms with Crippen LogP contribution in [-0.2, 0) is 0 Å². The third kappa shape index (κ3) is 2.59. The minimum absolute atomic E-state index is 0.359. The summed E-state index contributed by atoms with van der Waals surface area (Å²) in [4.78, 5) is 11.0. The molecule has 4 heteroatoms. The molecular weight excluding hydrogens is 241 g/mol. The SMILES string of the molecule is O=C(c1ccc(-c2[c]cccc2)cc1)C(F)(F)F. The summed E-state index contributed by atoms with van der Waals surface area (Å²) in [5.41, 5.74) is 1.13. The van der Waals surface area contributed by atoms with Crippen LogP contribution >= 0.6 is 0 Å². The number of hydrogen-bond donors (Lipinski definition) is 0. The average Bonchev–Trinajstić information content (AvgIpc) is 2.38. The predicted molar refractivity (Wildman–Crippen MR) is 61.1 cm³/mol. The lowest BCUT2D eigenvalue weighted by molar-refractivity contribution is -0.0885. The van der Waals surface area contributed by atoms with Crippen molar-refractivity contribution in [3.63, 3.8) is 0 Å². The summed E-state index contributed by atoms with van der Waals surface area (Å²) in [6.45, 7) is 0. The van der Waals surface area contributed by atoms with E-state index in [-0.39, 0.29) is 5.56 Å². The summed E-state index contributed by atoms with van der Waals surface area (Å²) in [7, 11) is 0. The molecule has 0 aliphatic carbocycles. The summed E-state index contributed by atoms with van der Waals surface area (Å²) in [6.07, 6.45) is -4.83. The zero-order valence-corrected chi connectivity index (χ0v) is 9.16. The number of alkyl halides is 3. The van der Waals surface area contributed by atoms with Gasteiger partial charge < -0.3 is 0 Å². The maximum absolute atomic E-state index is 12.2. The van der Waals surface area contributed by atoms with Gasteiger partial charge >= 0.3 is 6.18 Å². The quantitative estimate of drug-likeness (QED) is 0.738. The largest absolute Gasteiger partial charge is 0.454 e. The van der Waals surface area contributed by atoms with Crippen molar-refractivity contribution in [2.24, 2.45) is 0 Å². The predicted octanol–water partition coefficient (Wildman–Crippen LogP) is 3.90. The number of Topliss-reactive ketones (excluding diaryl/α,β-unsaturated/α-hetero) is 1. The molecule has 0 aliphatic heterocycles. The highest BCUT2D eigenvalue weighted by Crippen LogP contribution is 2.24. The fourth-order valence-corrected chi connectivity index (χ4v) is 1.54. The number of hydrogen-bond acceptors (Lipinski definition) is 1.